The summed E-state index contributed by atoms with van der Waals surface area (Å²) in [7, 11) is 0. The lowest BCUT2D eigenvalue weighted by Gasteiger charge is -2.38. The van der Waals surface area contributed by atoms with Crippen LogP contribution in [-0.4, -0.2) is 24.4 Å². The van der Waals surface area contributed by atoms with Gasteiger partial charge in [-0.05, 0) is 50.5 Å². The number of fused-ring (bicyclic) bond motifs is 2. The summed E-state index contributed by atoms with van der Waals surface area (Å²) < 4.78 is 37.3. The molecule has 0 amide bonds. The van der Waals surface area contributed by atoms with Crippen molar-refractivity contribution in [2.45, 2.75) is 31.7 Å². The third-order valence-electron chi connectivity index (χ3n) is 6.11. The van der Waals surface area contributed by atoms with Crippen molar-refractivity contribution in [1.29, 1.82) is 0 Å². The van der Waals surface area contributed by atoms with Crippen molar-refractivity contribution in [2.75, 3.05) is 0 Å². The van der Waals surface area contributed by atoms with Gasteiger partial charge in [0.2, 0.25) is 0 Å². The first-order valence-corrected chi connectivity index (χ1v) is 9.81. The lowest BCUT2D eigenvalue weighted by Crippen LogP contribution is -2.38. The average molecular weight is 405 g/mol. The Bertz CT molecular complexity index is 1430. The highest BCUT2D eigenvalue weighted by Gasteiger charge is 2.36. The van der Waals surface area contributed by atoms with Crippen LogP contribution in [0.5, 0.6) is 0 Å². The molecule has 1 fully saturated rings. The number of imidazole rings is 1. The number of rotatable bonds is 3. The number of hydrogen-bond acceptors (Lipinski definition) is 4. The maximum Gasteiger partial charge on any atom is 0.306 e. The van der Waals surface area contributed by atoms with E-state index in [1.54, 1.807) is 10.6 Å². The molecule has 1 saturated carbocycles. The number of oxazole rings is 1. The van der Waals surface area contributed by atoms with Crippen LogP contribution in [0.25, 0.3) is 39.4 Å². The Morgan fingerprint density at radius 1 is 1.10 bits per heavy atom. The largest absolute Gasteiger partial charge is 0.432 e. The molecule has 3 heterocycles. The molecule has 0 aliphatic heterocycles. The second-order valence-electron chi connectivity index (χ2n) is 8.04. The molecule has 6 rings (SSSR count). The molecule has 0 unspecified atom stereocenters. The monoisotopic (exact) mass is 405 g/mol. The fourth-order valence-electron chi connectivity index (χ4n) is 4.30. The molecule has 0 atom stereocenters. The molecule has 30 heavy (non-hydrogen) atoms. The SMILES string of the molecule is CC1(n2nnc3ccc(-c4c(-c5ccc(F)cc5F)nc5occn45)cc32)CCC1. The fourth-order valence-corrected chi connectivity index (χ4v) is 4.30. The van der Waals surface area contributed by atoms with Crippen LogP contribution < -0.4 is 0 Å². The van der Waals surface area contributed by atoms with E-state index < -0.39 is 11.6 Å². The minimum atomic E-state index is -0.674. The zero-order chi connectivity index (χ0) is 20.5. The summed E-state index contributed by atoms with van der Waals surface area (Å²) in [6, 6.07) is 9.30. The van der Waals surface area contributed by atoms with Gasteiger partial charge in [-0.3, -0.25) is 4.40 Å². The van der Waals surface area contributed by atoms with Crippen molar-refractivity contribution in [2.24, 2.45) is 0 Å². The van der Waals surface area contributed by atoms with E-state index in [0.717, 1.165) is 35.5 Å². The third kappa shape index (κ3) is 2.36. The smallest absolute Gasteiger partial charge is 0.306 e. The standard InChI is InChI=1S/C22H17F2N5O/c1-22(7-2-8-22)29-18-11-13(3-6-17(18)26-27-29)20-19(25-21-28(20)9-10-30-21)15-5-4-14(23)12-16(15)24/h3-6,9-12H,2,7-8H2,1H3. The summed E-state index contributed by atoms with van der Waals surface area (Å²) in [4.78, 5) is 4.47. The minimum Gasteiger partial charge on any atom is -0.432 e. The van der Waals surface area contributed by atoms with Crippen molar-refractivity contribution >= 4 is 16.9 Å². The molecule has 5 aromatic rings. The second kappa shape index (κ2) is 5.98. The number of aromatic nitrogens is 5. The minimum absolute atomic E-state index is 0.0400. The van der Waals surface area contributed by atoms with Crippen LogP contribution in [0.15, 0.2) is 53.3 Å². The summed E-state index contributed by atoms with van der Waals surface area (Å²) >= 11 is 0. The molecule has 8 heteroatoms. The van der Waals surface area contributed by atoms with Gasteiger partial charge in [-0.25, -0.2) is 13.5 Å². The summed E-state index contributed by atoms with van der Waals surface area (Å²) in [6.07, 6.45) is 6.54. The highest BCUT2D eigenvalue weighted by Crippen LogP contribution is 2.41. The van der Waals surface area contributed by atoms with Gasteiger partial charge < -0.3 is 4.42 Å². The Morgan fingerprint density at radius 3 is 2.73 bits per heavy atom. The molecule has 6 nitrogen and oxygen atoms in total. The number of benzene rings is 2. The molecule has 1 aliphatic rings. The number of nitrogens with zero attached hydrogens (tertiary/aromatic N) is 5. The first-order chi connectivity index (χ1) is 14.5. The molecule has 0 bridgehead atoms. The fraction of sp³-hybridized carbons (Fsp3) is 0.227. The highest BCUT2D eigenvalue weighted by molar-refractivity contribution is 5.87. The quantitative estimate of drug-likeness (QED) is 0.415. The summed E-state index contributed by atoms with van der Waals surface area (Å²) in [6.45, 7) is 2.18. The number of halogens is 2. The normalized spacial score (nSPS) is 15.7. The third-order valence-corrected chi connectivity index (χ3v) is 6.11. The van der Waals surface area contributed by atoms with E-state index >= 15 is 0 Å². The van der Waals surface area contributed by atoms with Gasteiger partial charge in [-0.1, -0.05) is 11.3 Å². The Hall–Kier alpha value is -3.55. The number of hydrogen-bond donors (Lipinski definition) is 0. The zero-order valence-corrected chi connectivity index (χ0v) is 16.1. The maximum atomic E-state index is 14.6. The molecule has 3 aromatic heterocycles. The van der Waals surface area contributed by atoms with Crippen molar-refractivity contribution in [3.8, 4) is 22.5 Å². The highest BCUT2D eigenvalue weighted by atomic mass is 19.1. The Kier molecular flexibility index (Phi) is 3.45. The average Bonchev–Trinajstić information content (AvgIpc) is 3.39. The van der Waals surface area contributed by atoms with E-state index in [2.05, 4.69) is 22.2 Å². The molecular formula is C22H17F2N5O. The van der Waals surface area contributed by atoms with Crippen LogP contribution in [0.1, 0.15) is 26.2 Å². The van der Waals surface area contributed by atoms with Crippen molar-refractivity contribution < 1.29 is 13.2 Å². The van der Waals surface area contributed by atoms with Crippen molar-refractivity contribution in [3.05, 3.63) is 60.5 Å². The Morgan fingerprint density at radius 2 is 1.97 bits per heavy atom. The molecule has 2 aromatic carbocycles. The predicted molar refractivity (Wildman–Crippen MR) is 107 cm³/mol. The van der Waals surface area contributed by atoms with E-state index in [9.17, 15) is 8.78 Å². The van der Waals surface area contributed by atoms with Crippen LogP contribution in [-0.2, 0) is 5.54 Å². The molecule has 0 radical (unpaired) electrons. The summed E-state index contributed by atoms with van der Waals surface area (Å²) in [5.74, 6) is -0.973. The van der Waals surface area contributed by atoms with Crippen molar-refractivity contribution in [3.63, 3.8) is 0 Å². The lowest BCUT2D eigenvalue weighted by molar-refractivity contribution is 0.152. The molecule has 150 valence electrons. The van der Waals surface area contributed by atoms with Gasteiger partial charge >= 0.3 is 5.84 Å². The van der Waals surface area contributed by atoms with Gasteiger partial charge in [0.15, 0.2) is 0 Å². The molecule has 0 saturated heterocycles. The van der Waals surface area contributed by atoms with E-state index in [4.69, 9.17) is 4.42 Å². The van der Waals surface area contributed by atoms with E-state index in [1.807, 2.05) is 22.9 Å². The van der Waals surface area contributed by atoms with Crippen LogP contribution in [0, 0.1) is 11.6 Å². The van der Waals surface area contributed by atoms with Gasteiger partial charge in [-0.2, -0.15) is 4.98 Å². The van der Waals surface area contributed by atoms with Crippen LogP contribution in [0.4, 0.5) is 8.78 Å². The van der Waals surface area contributed by atoms with Crippen LogP contribution in [0.3, 0.4) is 0 Å². The van der Waals surface area contributed by atoms with Gasteiger partial charge in [0.25, 0.3) is 0 Å². The molecular weight excluding hydrogens is 388 g/mol. The molecule has 0 N–H and O–H groups in total. The van der Waals surface area contributed by atoms with E-state index in [1.165, 1.54) is 24.8 Å². The lowest BCUT2D eigenvalue weighted by atomic mass is 9.78. The predicted octanol–water partition coefficient (Wildman–Crippen LogP) is 5.18. The Labute approximate surface area is 169 Å². The van der Waals surface area contributed by atoms with E-state index in [-0.39, 0.29) is 11.1 Å². The van der Waals surface area contributed by atoms with Gasteiger partial charge in [0, 0.05) is 23.4 Å². The summed E-state index contributed by atoms with van der Waals surface area (Å²) in [5.41, 5.74) is 3.76. The molecule has 0 spiro atoms. The van der Waals surface area contributed by atoms with Crippen LogP contribution >= 0.6 is 0 Å². The zero-order valence-electron chi connectivity index (χ0n) is 16.1. The van der Waals surface area contributed by atoms with Crippen LogP contribution in [0.2, 0.25) is 0 Å². The molecule has 1 aliphatic carbocycles. The topological polar surface area (TPSA) is 61.2 Å². The first kappa shape index (κ1) is 17.3. The van der Waals surface area contributed by atoms with Gasteiger partial charge in [0.1, 0.15) is 29.1 Å². The second-order valence-corrected chi connectivity index (χ2v) is 8.04. The van der Waals surface area contributed by atoms with Gasteiger partial charge in [0.05, 0.1) is 16.7 Å². The first-order valence-electron chi connectivity index (χ1n) is 9.81. The maximum absolute atomic E-state index is 14.6. The van der Waals surface area contributed by atoms with Gasteiger partial charge in [-0.15, -0.1) is 5.10 Å². The summed E-state index contributed by atoms with van der Waals surface area (Å²) in [5, 5.41) is 8.71. The van der Waals surface area contributed by atoms with E-state index in [0.29, 0.717) is 17.2 Å². The van der Waals surface area contributed by atoms with Crippen molar-refractivity contribution in [1.82, 2.24) is 24.4 Å². The Balaban J connectivity index is 1.60.